The van der Waals surface area contributed by atoms with Crippen LogP contribution in [0.3, 0.4) is 0 Å². The Bertz CT molecular complexity index is 239. The van der Waals surface area contributed by atoms with Gasteiger partial charge in [-0.15, -0.1) is 11.6 Å². The third-order valence-corrected chi connectivity index (χ3v) is 4.23. The fraction of sp³-hybridized carbons (Fsp3) is 0.636. The van der Waals surface area contributed by atoms with E-state index in [0.29, 0.717) is 0 Å². The summed E-state index contributed by atoms with van der Waals surface area (Å²) in [5, 5.41) is 4.53. The summed E-state index contributed by atoms with van der Waals surface area (Å²) in [6.45, 7) is 6.66. The summed E-state index contributed by atoms with van der Waals surface area (Å²) >= 11 is 8.11. The molecule has 74 valence electrons. The van der Waals surface area contributed by atoms with Crippen LogP contribution in [-0.2, 0) is 6.42 Å². The fourth-order valence-electron chi connectivity index (χ4n) is 1.11. The van der Waals surface area contributed by atoms with Gasteiger partial charge in [0.05, 0.1) is 0 Å². The normalized spacial score (nSPS) is 14.5. The van der Waals surface area contributed by atoms with Gasteiger partial charge in [0, 0.05) is 5.38 Å². The molecule has 2 heteroatoms. The standard InChI is InChI=1S/C11H17ClS/c1-4-11(2,3)10(12)7-9-5-6-13-8-9/h5-6,8,10H,4,7H2,1-3H3. The molecule has 0 nitrogen and oxygen atoms in total. The molecule has 0 bridgehead atoms. The quantitative estimate of drug-likeness (QED) is 0.658. The Morgan fingerprint density at radius 2 is 2.23 bits per heavy atom. The van der Waals surface area contributed by atoms with Gasteiger partial charge in [0.25, 0.3) is 0 Å². The van der Waals surface area contributed by atoms with Crippen molar-refractivity contribution in [3.05, 3.63) is 22.4 Å². The van der Waals surface area contributed by atoms with Crippen molar-refractivity contribution in [1.29, 1.82) is 0 Å². The van der Waals surface area contributed by atoms with Crippen molar-refractivity contribution in [2.24, 2.45) is 5.41 Å². The lowest BCUT2D eigenvalue weighted by molar-refractivity contribution is 0.330. The van der Waals surface area contributed by atoms with Crippen molar-refractivity contribution >= 4 is 22.9 Å². The number of hydrogen-bond donors (Lipinski definition) is 0. The average molecular weight is 217 g/mol. The van der Waals surface area contributed by atoms with Gasteiger partial charge in [-0.05, 0) is 40.6 Å². The first-order valence-electron chi connectivity index (χ1n) is 4.71. The van der Waals surface area contributed by atoms with Crippen LogP contribution in [0.5, 0.6) is 0 Å². The van der Waals surface area contributed by atoms with E-state index in [0.717, 1.165) is 12.8 Å². The minimum Gasteiger partial charge on any atom is -0.152 e. The Morgan fingerprint density at radius 1 is 1.54 bits per heavy atom. The van der Waals surface area contributed by atoms with E-state index in [1.807, 2.05) is 0 Å². The lowest BCUT2D eigenvalue weighted by atomic mass is 9.84. The largest absolute Gasteiger partial charge is 0.152 e. The van der Waals surface area contributed by atoms with E-state index in [2.05, 4.69) is 37.6 Å². The van der Waals surface area contributed by atoms with Gasteiger partial charge in [-0.1, -0.05) is 20.8 Å². The summed E-state index contributed by atoms with van der Waals surface area (Å²) in [6, 6.07) is 2.16. The zero-order valence-corrected chi connectivity index (χ0v) is 10.1. The molecule has 0 saturated heterocycles. The molecule has 0 radical (unpaired) electrons. The van der Waals surface area contributed by atoms with Crippen LogP contribution in [0.4, 0.5) is 0 Å². The molecular weight excluding hydrogens is 200 g/mol. The molecule has 1 aromatic heterocycles. The van der Waals surface area contributed by atoms with E-state index in [1.54, 1.807) is 11.3 Å². The Balaban J connectivity index is 2.55. The SMILES string of the molecule is CCC(C)(C)C(Cl)Cc1ccsc1. The number of halogens is 1. The van der Waals surface area contributed by atoms with Crippen molar-refractivity contribution in [1.82, 2.24) is 0 Å². The molecule has 0 aliphatic rings. The number of thiophene rings is 1. The van der Waals surface area contributed by atoms with Crippen LogP contribution in [0.15, 0.2) is 16.8 Å². The van der Waals surface area contributed by atoms with Gasteiger partial charge in [-0.25, -0.2) is 0 Å². The van der Waals surface area contributed by atoms with Gasteiger partial charge in [-0.2, -0.15) is 11.3 Å². The maximum Gasteiger partial charge on any atom is 0.0427 e. The molecule has 0 aromatic carbocycles. The maximum absolute atomic E-state index is 6.37. The molecule has 0 aliphatic carbocycles. The van der Waals surface area contributed by atoms with E-state index >= 15 is 0 Å². The Hall–Kier alpha value is -0.0100. The second-order valence-corrected chi connectivity index (χ2v) is 5.45. The smallest absolute Gasteiger partial charge is 0.0427 e. The molecule has 0 spiro atoms. The van der Waals surface area contributed by atoms with Gasteiger partial charge in [0.2, 0.25) is 0 Å². The molecule has 1 heterocycles. The van der Waals surface area contributed by atoms with Crippen LogP contribution in [-0.4, -0.2) is 5.38 Å². The Kier molecular flexibility index (Phi) is 3.81. The maximum atomic E-state index is 6.37. The van der Waals surface area contributed by atoms with Gasteiger partial charge in [0.15, 0.2) is 0 Å². The highest BCUT2D eigenvalue weighted by molar-refractivity contribution is 7.07. The van der Waals surface area contributed by atoms with E-state index in [-0.39, 0.29) is 10.8 Å². The third kappa shape index (κ3) is 2.99. The highest BCUT2D eigenvalue weighted by Crippen LogP contribution is 2.31. The highest BCUT2D eigenvalue weighted by atomic mass is 35.5. The molecule has 0 N–H and O–H groups in total. The van der Waals surface area contributed by atoms with Crippen LogP contribution in [0.25, 0.3) is 0 Å². The lowest BCUT2D eigenvalue weighted by Gasteiger charge is -2.28. The zero-order valence-electron chi connectivity index (χ0n) is 8.51. The zero-order chi connectivity index (χ0) is 9.90. The first-order valence-corrected chi connectivity index (χ1v) is 6.09. The minimum atomic E-state index is 0.240. The van der Waals surface area contributed by atoms with Crippen molar-refractivity contribution in [2.45, 2.75) is 39.0 Å². The second kappa shape index (κ2) is 4.47. The summed E-state index contributed by atoms with van der Waals surface area (Å²) in [6.07, 6.45) is 2.12. The summed E-state index contributed by atoms with van der Waals surface area (Å²) < 4.78 is 0. The first-order chi connectivity index (χ1) is 6.06. The topological polar surface area (TPSA) is 0 Å². The molecule has 13 heavy (non-hydrogen) atoms. The van der Waals surface area contributed by atoms with Gasteiger partial charge < -0.3 is 0 Å². The average Bonchev–Trinajstić information content (AvgIpc) is 2.57. The lowest BCUT2D eigenvalue weighted by Crippen LogP contribution is -2.25. The first kappa shape index (κ1) is 11.1. The van der Waals surface area contributed by atoms with Crippen molar-refractivity contribution in [3.8, 4) is 0 Å². The Labute approximate surface area is 89.9 Å². The number of hydrogen-bond acceptors (Lipinski definition) is 1. The summed E-state index contributed by atoms with van der Waals surface area (Å²) in [4.78, 5) is 0. The van der Waals surface area contributed by atoms with Gasteiger partial charge in [-0.3, -0.25) is 0 Å². The Morgan fingerprint density at radius 3 is 2.69 bits per heavy atom. The molecule has 1 rings (SSSR count). The molecule has 0 saturated carbocycles. The molecule has 0 fully saturated rings. The van der Waals surface area contributed by atoms with Crippen molar-refractivity contribution in [2.75, 3.05) is 0 Å². The molecule has 0 amide bonds. The van der Waals surface area contributed by atoms with Crippen LogP contribution < -0.4 is 0 Å². The van der Waals surface area contributed by atoms with Crippen LogP contribution in [0.2, 0.25) is 0 Å². The second-order valence-electron chi connectivity index (χ2n) is 4.15. The van der Waals surface area contributed by atoms with Crippen molar-refractivity contribution < 1.29 is 0 Å². The van der Waals surface area contributed by atoms with Crippen LogP contribution in [0, 0.1) is 5.41 Å². The predicted molar refractivity (Wildman–Crippen MR) is 61.7 cm³/mol. The van der Waals surface area contributed by atoms with Gasteiger partial charge in [0.1, 0.15) is 0 Å². The fourth-order valence-corrected chi connectivity index (χ4v) is 2.13. The molecule has 1 aromatic rings. The van der Waals surface area contributed by atoms with Gasteiger partial charge >= 0.3 is 0 Å². The van der Waals surface area contributed by atoms with Crippen LogP contribution >= 0.6 is 22.9 Å². The van der Waals surface area contributed by atoms with Crippen LogP contribution in [0.1, 0.15) is 32.8 Å². The molecule has 1 atom stereocenters. The predicted octanol–water partition coefficient (Wildman–Crippen LogP) is 4.33. The summed E-state index contributed by atoms with van der Waals surface area (Å²) in [7, 11) is 0. The van der Waals surface area contributed by atoms with E-state index < -0.39 is 0 Å². The minimum absolute atomic E-state index is 0.240. The number of alkyl halides is 1. The van der Waals surface area contributed by atoms with E-state index in [9.17, 15) is 0 Å². The van der Waals surface area contributed by atoms with E-state index in [4.69, 9.17) is 11.6 Å². The molecule has 0 aliphatic heterocycles. The number of rotatable bonds is 4. The molecular formula is C11H17ClS. The monoisotopic (exact) mass is 216 g/mol. The van der Waals surface area contributed by atoms with E-state index in [1.165, 1.54) is 5.56 Å². The highest BCUT2D eigenvalue weighted by Gasteiger charge is 2.25. The summed E-state index contributed by atoms with van der Waals surface area (Å²) in [5.41, 5.74) is 1.61. The summed E-state index contributed by atoms with van der Waals surface area (Å²) in [5.74, 6) is 0. The van der Waals surface area contributed by atoms with Crippen molar-refractivity contribution in [3.63, 3.8) is 0 Å². The third-order valence-electron chi connectivity index (χ3n) is 2.75. The molecule has 1 unspecified atom stereocenters.